The number of amides is 5. The number of alkyl halides is 2. The summed E-state index contributed by atoms with van der Waals surface area (Å²) in [6.07, 6.45) is 2.99. The average Bonchev–Trinajstić information content (AvgIpc) is 3.76. The Balaban J connectivity index is 1.07. The van der Waals surface area contributed by atoms with Crippen molar-refractivity contribution in [3.05, 3.63) is 101 Å². The van der Waals surface area contributed by atoms with E-state index in [0.717, 1.165) is 10.6 Å². The van der Waals surface area contributed by atoms with Crippen molar-refractivity contribution in [3.8, 4) is 5.75 Å². The Kier molecular flexibility index (Phi) is 12.4. The Morgan fingerprint density at radius 2 is 1.56 bits per heavy atom. The van der Waals surface area contributed by atoms with Crippen LogP contribution < -0.4 is 25.6 Å². The fourth-order valence-electron chi connectivity index (χ4n) is 6.39. The van der Waals surface area contributed by atoms with Crippen molar-refractivity contribution in [3.63, 3.8) is 0 Å². The molecule has 16 nitrogen and oxygen atoms in total. The fraction of sp³-hybridized carbons (Fsp3) is 0.256. The lowest BCUT2D eigenvalue weighted by Crippen LogP contribution is -2.44. The van der Waals surface area contributed by atoms with E-state index in [2.05, 4.69) is 20.9 Å². The summed E-state index contributed by atoms with van der Waals surface area (Å²) in [7, 11) is 4.46. The third-order valence-electron chi connectivity index (χ3n) is 9.10. The Morgan fingerprint density at radius 3 is 2.26 bits per heavy atom. The molecule has 0 aliphatic carbocycles. The zero-order valence-electron chi connectivity index (χ0n) is 31.1. The van der Waals surface area contributed by atoms with Gasteiger partial charge in [0.05, 0.1) is 18.4 Å². The van der Waals surface area contributed by atoms with Crippen LogP contribution in [0.15, 0.2) is 73.1 Å². The molecule has 1 aliphatic heterocycles. The second kappa shape index (κ2) is 17.6. The molecular formula is C39H38Cl2N8O8. The van der Waals surface area contributed by atoms with Gasteiger partial charge in [-0.3, -0.25) is 28.9 Å². The highest BCUT2D eigenvalue weighted by Crippen LogP contribution is 2.33. The summed E-state index contributed by atoms with van der Waals surface area (Å²) >= 11 is 11.8. The Morgan fingerprint density at radius 1 is 0.842 bits per heavy atom. The molecule has 5 aromatic rings. The zero-order valence-corrected chi connectivity index (χ0v) is 32.6. The molecule has 0 unspecified atom stereocenters. The van der Waals surface area contributed by atoms with E-state index in [0.29, 0.717) is 52.4 Å². The van der Waals surface area contributed by atoms with Gasteiger partial charge in [0.25, 0.3) is 29.5 Å². The van der Waals surface area contributed by atoms with Crippen LogP contribution in [0.4, 0.5) is 17.2 Å². The van der Waals surface area contributed by atoms with Crippen LogP contribution in [0.1, 0.15) is 52.2 Å². The lowest BCUT2D eigenvalue weighted by molar-refractivity contribution is -0.118. The van der Waals surface area contributed by atoms with Crippen molar-refractivity contribution in [2.75, 3.05) is 67.2 Å². The van der Waals surface area contributed by atoms with Crippen molar-refractivity contribution in [2.24, 2.45) is 14.1 Å². The van der Waals surface area contributed by atoms with Gasteiger partial charge in [0.2, 0.25) is 5.82 Å². The molecule has 0 saturated carbocycles. The quantitative estimate of drug-likeness (QED) is 0.0738. The largest absolute Gasteiger partial charge is 0.484 e. The normalized spacial score (nSPS) is 12.1. The van der Waals surface area contributed by atoms with Gasteiger partial charge in [0.15, 0.2) is 12.4 Å². The number of hydrogen-bond acceptors (Lipinski definition) is 10. The number of imidazole rings is 1. The molecule has 0 saturated heterocycles. The van der Waals surface area contributed by atoms with Crippen LogP contribution in [-0.2, 0) is 23.6 Å². The van der Waals surface area contributed by atoms with E-state index >= 15 is 0 Å². The molecule has 0 bridgehead atoms. The highest BCUT2D eigenvalue weighted by atomic mass is 35.5. The van der Waals surface area contributed by atoms with Crippen LogP contribution in [0.2, 0.25) is 0 Å². The van der Waals surface area contributed by atoms with Crippen molar-refractivity contribution >= 4 is 86.7 Å². The number of anilines is 3. The number of halogens is 2. The first-order valence-electron chi connectivity index (χ1n) is 17.6. The number of rotatable bonds is 16. The molecule has 2 aromatic heterocycles. The SMILES string of the molecule is COC(=O)c1cc(NC(=O)c2nc(NC(=O)COc3cc4c5c(cccc5c3)C(=O)N(CCNC(=O)c3ccc(N(CCCl)CCCl)cc3)C4=O)cn2C)cn1C. The predicted octanol–water partition coefficient (Wildman–Crippen LogP) is 4.28. The van der Waals surface area contributed by atoms with Crippen molar-refractivity contribution in [1.82, 2.24) is 24.3 Å². The minimum Gasteiger partial charge on any atom is -0.484 e. The molecule has 18 heteroatoms. The lowest BCUT2D eigenvalue weighted by atomic mass is 9.93. The van der Waals surface area contributed by atoms with Gasteiger partial charge in [-0.25, -0.2) is 9.78 Å². The van der Waals surface area contributed by atoms with Gasteiger partial charge in [-0.15, -0.1) is 23.2 Å². The third-order valence-corrected chi connectivity index (χ3v) is 9.44. The molecular weight excluding hydrogens is 779 g/mol. The standard InChI is InChI=1S/C39H38Cl2N8O8/c1-46-20-25(18-30(46)39(55)56-3)43-36(52)34-45-31(21-47(34)2)44-32(50)22-57-27-17-24-5-4-6-28-33(24)29(19-27)38(54)49(37(28)53)16-13-42-35(51)23-7-9-26(10-8-23)48(14-11-40)15-12-41/h4-10,17-21H,11-16,22H2,1-3H3,(H,42,51)(H,43,52)(H,44,50). The van der Waals surface area contributed by atoms with E-state index < -0.39 is 36.2 Å². The second-order valence-electron chi connectivity index (χ2n) is 12.9. The number of esters is 1. The molecule has 3 aromatic carbocycles. The summed E-state index contributed by atoms with van der Waals surface area (Å²) in [5.74, 6) is -2.06. The number of carbonyl (C=O) groups is 6. The summed E-state index contributed by atoms with van der Waals surface area (Å²) in [6.45, 7) is 0.656. The number of benzene rings is 3. The number of ether oxygens (including phenoxy) is 2. The molecule has 3 N–H and O–H groups in total. The topological polar surface area (TPSA) is 186 Å². The first-order valence-corrected chi connectivity index (χ1v) is 18.7. The molecule has 3 heterocycles. The maximum Gasteiger partial charge on any atom is 0.354 e. The minimum atomic E-state index is -0.593. The number of aryl methyl sites for hydroxylation is 2. The van der Waals surface area contributed by atoms with Gasteiger partial charge < -0.3 is 39.5 Å². The minimum absolute atomic E-state index is 0.00380. The molecule has 0 radical (unpaired) electrons. The van der Waals surface area contributed by atoms with Crippen LogP contribution in [0.3, 0.4) is 0 Å². The number of aromatic nitrogens is 3. The summed E-state index contributed by atoms with van der Waals surface area (Å²) in [5, 5.41) is 9.05. The summed E-state index contributed by atoms with van der Waals surface area (Å²) in [4.78, 5) is 85.2. The average molecular weight is 818 g/mol. The Hall–Kier alpha value is -6.39. The molecule has 5 amide bonds. The summed E-state index contributed by atoms with van der Waals surface area (Å²) in [6, 6.07) is 16.6. The van der Waals surface area contributed by atoms with Gasteiger partial charge in [-0.1, -0.05) is 12.1 Å². The monoisotopic (exact) mass is 816 g/mol. The van der Waals surface area contributed by atoms with Crippen LogP contribution in [0, 0.1) is 0 Å². The number of hydrogen-bond donors (Lipinski definition) is 3. The van der Waals surface area contributed by atoms with Crippen LogP contribution >= 0.6 is 23.2 Å². The van der Waals surface area contributed by atoms with E-state index in [9.17, 15) is 28.8 Å². The fourth-order valence-corrected chi connectivity index (χ4v) is 6.80. The zero-order chi connectivity index (χ0) is 40.8. The van der Waals surface area contributed by atoms with E-state index in [1.165, 1.54) is 34.6 Å². The second-order valence-corrected chi connectivity index (χ2v) is 13.6. The van der Waals surface area contributed by atoms with E-state index in [1.54, 1.807) is 68.8 Å². The van der Waals surface area contributed by atoms with Crippen LogP contribution in [0.5, 0.6) is 5.75 Å². The number of methoxy groups -OCH3 is 1. The number of nitrogens with one attached hydrogen (secondary N) is 3. The predicted molar refractivity (Wildman–Crippen MR) is 214 cm³/mol. The summed E-state index contributed by atoms with van der Waals surface area (Å²) < 4.78 is 13.5. The maximum atomic E-state index is 13.7. The van der Waals surface area contributed by atoms with E-state index in [-0.39, 0.29) is 47.6 Å². The molecule has 0 atom stereocenters. The molecule has 0 fully saturated rings. The molecule has 6 rings (SSSR count). The van der Waals surface area contributed by atoms with Gasteiger partial charge >= 0.3 is 5.97 Å². The number of imide groups is 1. The van der Waals surface area contributed by atoms with Crippen LogP contribution in [-0.4, -0.2) is 106 Å². The molecule has 296 valence electrons. The maximum absolute atomic E-state index is 13.7. The van der Waals surface area contributed by atoms with Crippen molar-refractivity contribution in [2.45, 2.75) is 0 Å². The smallest absolute Gasteiger partial charge is 0.354 e. The first kappa shape index (κ1) is 40.3. The molecule has 1 aliphatic rings. The van der Waals surface area contributed by atoms with Crippen LogP contribution in [0.25, 0.3) is 10.8 Å². The summed E-state index contributed by atoms with van der Waals surface area (Å²) in [5.41, 5.74) is 2.38. The number of carbonyl (C=O) groups excluding carboxylic acids is 6. The number of nitrogens with zero attached hydrogens (tertiary/aromatic N) is 5. The Bertz CT molecular complexity index is 2370. The van der Waals surface area contributed by atoms with Crippen molar-refractivity contribution < 1.29 is 38.2 Å². The van der Waals surface area contributed by atoms with Gasteiger partial charge in [-0.2, -0.15) is 0 Å². The molecule has 0 spiro atoms. The van der Waals surface area contributed by atoms with E-state index in [1.807, 2.05) is 4.90 Å². The Labute approximate surface area is 336 Å². The lowest BCUT2D eigenvalue weighted by Gasteiger charge is -2.27. The van der Waals surface area contributed by atoms with Gasteiger partial charge in [0, 0.05) is 86.6 Å². The van der Waals surface area contributed by atoms with Crippen molar-refractivity contribution in [1.29, 1.82) is 0 Å². The van der Waals surface area contributed by atoms with Gasteiger partial charge in [0.1, 0.15) is 11.4 Å². The molecule has 57 heavy (non-hydrogen) atoms. The van der Waals surface area contributed by atoms with Gasteiger partial charge in [-0.05, 0) is 53.9 Å². The third kappa shape index (κ3) is 8.87. The van der Waals surface area contributed by atoms with E-state index in [4.69, 9.17) is 32.7 Å². The first-order chi connectivity index (χ1) is 27.4. The highest BCUT2D eigenvalue weighted by Gasteiger charge is 2.33. The highest BCUT2D eigenvalue weighted by molar-refractivity contribution is 6.25.